The summed E-state index contributed by atoms with van der Waals surface area (Å²) >= 11 is 0. The molecule has 0 spiro atoms. The van der Waals surface area contributed by atoms with E-state index >= 15 is 0 Å². The second kappa shape index (κ2) is 9.22. The molecule has 2 atom stereocenters. The number of carbonyl (C=O) groups excluding carboxylic acids is 1. The lowest BCUT2D eigenvalue weighted by molar-refractivity contribution is -0.169. The highest BCUT2D eigenvalue weighted by molar-refractivity contribution is 7.93. The fraction of sp³-hybridized carbons (Fsp3) is 0.381. The third-order valence-corrected chi connectivity index (χ3v) is 7.27. The van der Waals surface area contributed by atoms with E-state index in [9.17, 15) is 22.2 Å². The van der Waals surface area contributed by atoms with E-state index in [-0.39, 0.29) is 10.9 Å². The Balaban J connectivity index is 1.41. The van der Waals surface area contributed by atoms with Crippen molar-refractivity contribution in [1.82, 2.24) is 24.8 Å². The highest BCUT2D eigenvalue weighted by Gasteiger charge is 2.39. The Labute approximate surface area is 194 Å². The number of hydrogen-bond donors (Lipinski definition) is 0. The molecule has 1 aromatic carbocycles. The first-order valence-corrected chi connectivity index (χ1v) is 12.3. The van der Waals surface area contributed by atoms with Crippen LogP contribution < -0.4 is 4.90 Å². The summed E-state index contributed by atoms with van der Waals surface area (Å²) in [7, 11) is -3.61. The number of alkyl halides is 3. The topological polar surface area (TPSA) is 105 Å². The molecular formula is C21H22F3N7O2S. The smallest absolute Gasteiger partial charge is 0.338 e. The molecule has 34 heavy (non-hydrogen) atoms. The minimum absolute atomic E-state index is 0.138. The summed E-state index contributed by atoms with van der Waals surface area (Å²) in [6.45, 7) is 4.88. The SMILES string of the molecule is CC(c1ccc2nccnc2c1)N1CCN(c2ncc(S(C)(=O)=NC(=O)C(F)(F)F)cn2)CC1. The molecule has 1 saturated heterocycles. The summed E-state index contributed by atoms with van der Waals surface area (Å²) in [6, 6.07) is 6.21. The van der Waals surface area contributed by atoms with Gasteiger partial charge in [0.15, 0.2) is 0 Å². The molecule has 0 bridgehead atoms. The third-order valence-electron chi connectivity index (χ3n) is 5.67. The van der Waals surface area contributed by atoms with Crippen molar-refractivity contribution in [3.63, 3.8) is 0 Å². The number of hydrogen-bond acceptors (Lipinski definition) is 8. The number of amides is 1. The van der Waals surface area contributed by atoms with Gasteiger partial charge in [-0.1, -0.05) is 6.07 Å². The second-order valence-electron chi connectivity index (χ2n) is 7.92. The van der Waals surface area contributed by atoms with Gasteiger partial charge in [0.2, 0.25) is 5.95 Å². The van der Waals surface area contributed by atoms with Gasteiger partial charge in [-0.05, 0) is 24.6 Å². The molecule has 9 nitrogen and oxygen atoms in total. The summed E-state index contributed by atoms with van der Waals surface area (Å²) in [5.41, 5.74) is 2.82. The van der Waals surface area contributed by atoms with Crippen LogP contribution in [0.1, 0.15) is 18.5 Å². The molecule has 0 saturated carbocycles. The molecule has 0 N–H and O–H groups in total. The minimum atomic E-state index is -5.18. The largest absolute Gasteiger partial charge is 0.474 e. The van der Waals surface area contributed by atoms with Crippen molar-refractivity contribution in [3.8, 4) is 0 Å². The molecule has 13 heteroatoms. The average Bonchev–Trinajstić information content (AvgIpc) is 2.82. The first-order valence-electron chi connectivity index (χ1n) is 10.4. The van der Waals surface area contributed by atoms with E-state index in [0.717, 1.165) is 48.3 Å². The molecular weight excluding hydrogens is 471 g/mol. The van der Waals surface area contributed by atoms with E-state index in [1.165, 1.54) is 0 Å². The summed E-state index contributed by atoms with van der Waals surface area (Å²) < 4.78 is 52.6. The number of fused-ring (bicyclic) bond motifs is 1. The molecule has 0 radical (unpaired) electrons. The molecule has 3 heterocycles. The van der Waals surface area contributed by atoms with Gasteiger partial charge < -0.3 is 4.90 Å². The highest BCUT2D eigenvalue weighted by Crippen LogP contribution is 2.25. The number of anilines is 1. The van der Waals surface area contributed by atoms with Crippen LogP contribution in [0.2, 0.25) is 0 Å². The molecule has 2 aromatic heterocycles. The van der Waals surface area contributed by atoms with Crippen molar-refractivity contribution in [3.05, 3.63) is 48.5 Å². The molecule has 3 aromatic rings. The van der Waals surface area contributed by atoms with Gasteiger partial charge in [-0.3, -0.25) is 19.7 Å². The van der Waals surface area contributed by atoms with Gasteiger partial charge in [-0.25, -0.2) is 14.2 Å². The van der Waals surface area contributed by atoms with Crippen LogP contribution in [0.5, 0.6) is 0 Å². The number of piperazine rings is 1. The molecule has 1 fully saturated rings. The average molecular weight is 494 g/mol. The Hall–Kier alpha value is -3.19. The van der Waals surface area contributed by atoms with Crippen LogP contribution >= 0.6 is 0 Å². The van der Waals surface area contributed by atoms with Gasteiger partial charge in [0.1, 0.15) is 0 Å². The van der Waals surface area contributed by atoms with Crippen LogP contribution in [0, 0.1) is 0 Å². The number of aromatic nitrogens is 4. The first-order chi connectivity index (χ1) is 16.0. The summed E-state index contributed by atoms with van der Waals surface area (Å²) in [6.07, 6.45) is 1.41. The number of nitrogens with zero attached hydrogens (tertiary/aromatic N) is 7. The number of rotatable bonds is 4. The zero-order valence-corrected chi connectivity index (χ0v) is 19.3. The number of benzene rings is 1. The van der Waals surface area contributed by atoms with Crippen LogP contribution in [0.15, 0.2) is 52.2 Å². The molecule has 1 aliphatic heterocycles. The summed E-state index contributed by atoms with van der Waals surface area (Å²) in [4.78, 5) is 32.2. The van der Waals surface area contributed by atoms with Crippen molar-refractivity contribution in [2.45, 2.75) is 24.0 Å². The van der Waals surface area contributed by atoms with Gasteiger partial charge >= 0.3 is 12.1 Å². The van der Waals surface area contributed by atoms with Crippen LogP contribution in [0.3, 0.4) is 0 Å². The Morgan fingerprint density at radius 3 is 2.26 bits per heavy atom. The summed E-state index contributed by atoms with van der Waals surface area (Å²) in [5.74, 6) is -2.03. The molecule has 2 unspecified atom stereocenters. The standard InChI is InChI=1S/C21H22F3N7O2S/c1-14(15-3-4-17-18(11-15)26-6-5-25-17)30-7-9-31(10-8-30)20-27-12-16(13-28-20)34(2,33)29-19(32)21(22,23)24/h3-6,11-14H,7-10H2,1-2H3. The van der Waals surface area contributed by atoms with E-state index in [0.29, 0.717) is 19.0 Å². The van der Waals surface area contributed by atoms with Crippen LogP contribution in [0.25, 0.3) is 11.0 Å². The van der Waals surface area contributed by atoms with Crippen LogP contribution in [-0.4, -0.2) is 73.6 Å². The zero-order valence-electron chi connectivity index (χ0n) is 18.4. The fourth-order valence-electron chi connectivity index (χ4n) is 3.69. The maximum absolute atomic E-state index is 12.5. The van der Waals surface area contributed by atoms with Gasteiger partial charge in [0.05, 0.1) is 25.7 Å². The molecule has 1 amide bonds. The predicted molar refractivity (Wildman–Crippen MR) is 120 cm³/mol. The Kier molecular flexibility index (Phi) is 6.49. The zero-order chi connectivity index (χ0) is 24.5. The second-order valence-corrected chi connectivity index (χ2v) is 10.2. The van der Waals surface area contributed by atoms with E-state index in [1.807, 2.05) is 23.1 Å². The maximum atomic E-state index is 12.5. The number of halogens is 3. The monoisotopic (exact) mass is 493 g/mol. The van der Waals surface area contributed by atoms with E-state index in [1.54, 1.807) is 12.4 Å². The Morgan fingerprint density at radius 2 is 1.65 bits per heavy atom. The summed E-state index contributed by atoms with van der Waals surface area (Å²) in [5, 5.41) is 0. The first kappa shape index (κ1) is 24.0. The highest BCUT2D eigenvalue weighted by atomic mass is 32.2. The molecule has 180 valence electrons. The van der Waals surface area contributed by atoms with E-state index in [2.05, 4.69) is 36.1 Å². The van der Waals surface area contributed by atoms with Gasteiger partial charge in [0, 0.05) is 63.3 Å². The molecule has 0 aliphatic carbocycles. The van der Waals surface area contributed by atoms with Gasteiger partial charge in [-0.15, -0.1) is 4.36 Å². The van der Waals surface area contributed by atoms with Crippen LogP contribution in [-0.2, 0) is 14.5 Å². The maximum Gasteiger partial charge on any atom is 0.474 e. The van der Waals surface area contributed by atoms with E-state index < -0.39 is 21.8 Å². The Morgan fingerprint density at radius 1 is 1.03 bits per heavy atom. The normalized spacial score (nSPS) is 17.9. The van der Waals surface area contributed by atoms with Crippen LogP contribution in [0.4, 0.5) is 19.1 Å². The Bertz CT molecular complexity index is 1320. The quantitative estimate of drug-likeness (QED) is 0.547. The van der Waals surface area contributed by atoms with Crippen molar-refractivity contribution in [2.24, 2.45) is 4.36 Å². The van der Waals surface area contributed by atoms with Crippen molar-refractivity contribution in [1.29, 1.82) is 0 Å². The molecule has 1 aliphatic rings. The van der Waals surface area contributed by atoms with E-state index in [4.69, 9.17) is 0 Å². The van der Waals surface area contributed by atoms with Crippen molar-refractivity contribution < 1.29 is 22.2 Å². The minimum Gasteiger partial charge on any atom is -0.338 e. The lowest BCUT2D eigenvalue weighted by Gasteiger charge is -2.38. The fourth-order valence-corrected chi connectivity index (χ4v) is 4.71. The van der Waals surface area contributed by atoms with Crippen molar-refractivity contribution >= 4 is 32.6 Å². The van der Waals surface area contributed by atoms with Crippen molar-refractivity contribution in [2.75, 3.05) is 37.3 Å². The lowest BCUT2D eigenvalue weighted by Crippen LogP contribution is -2.47. The predicted octanol–water partition coefficient (Wildman–Crippen LogP) is 2.85. The van der Waals surface area contributed by atoms with Gasteiger partial charge in [-0.2, -0.15) is 13.2 Å². The molecule has 4 rings (SSSR count). The lowest BCUT2D eigenvalue weighted by atomic mass is 10.1. The third kappa shape index (κ3) is 5.14. The van der Waals surface area contributed by atoms with Gasteiger partial charge in [0.25, 0.3) is 0 Å². The number of carbonyl (C=O) groups is 1.